The van der Waals surface area contributed by atoms with Gasteiger partial charge in [-0.25, -0.2) is 14.4 Å². The summed E-state index contributed by atoms with van der Waals surface area (Å²) in [7, 11) is 0. The third-order valence-corrected chi connectivity index (χ3v) is 7.74. The van der Waals surface area contributed by atoms with Gasteiger partial charge in [0.05, 0.1) is 42.0 Å². The van der Waals surface area contributed by atoms with Crippen LogP contribution in [0.5, 0.6) is 5.75 Å². The van der Waals surface area contributed by atoms with Gasteiger partial charge in [0.25, 0.3) is 0 Å². The first-order chi connectivity index (χ1) is 20.4. The zero-order valence-electron chi connectivity index (χ0n) is 22.7. The van der Waals surface area contributed by atoms with E-state index in [4.69, 9.17) is 25.8 Å². The summed E-state index contributed by atoms with van der Waals surface area (Å²) < 4.78 is 30.5. The molecule has 42 heavy (non-hydrogen) atoms. The number of esters is 1. The van der Waals surface area contributed by atoms with Crippen molar-refractivity contribution in [3.8, 4) is 5.75 Å². The topological polar surface area (TPSA) is 118 Å². The van der Waals surface area contributed by atoms with Crippen LogP contribution < -0.4 is 15.4 Å². The van der Waals surface area contributed by atoms with Crippen LogP contribution in [0.15, 0.2) is 48.8 Å². The number of anilines is 3. The van der Waals surface area contributed by atoms with Gasteiger partial charge in [-0.05, 0) is 24.3 Å². The lowest BCUT2D eigenvalue weighted by molar-refractivity contribution is -0.157. The number of rotatable bonds is 8. The molecule has 220 valence electrons. The number of nitrogens with one attached hydrogen (secondary N) is 2. The molecule has 3 aromatic rings. The van der Waals surface area contributed by atoms with Crippen molar-refractivity contribution < 1.29 is 28.2 Å². The smallest absolute Gasteiger partial charge is 0.320 e. The highest BCUT2D eigenvalue weighted by atomic mass is 35.5. The molecule has 1 aromatic heterocycles. The van der Waals surface area contributed by atoms with E-state index in [0.29, 0.717) is 66.8 Å². The number of halogens is 2. The van der Waals surface area contributed by atoms with Gasteiger partial charge in [-0.2, -0.15) is 0 Å². The summed E-state index contributed by atoms with van der Waals surface area (Å²) in [6.45, 7) is 4.74. The van der Waals surface area contributed by atoms with Crippen LogP contribution in [0.1, 0.15) is 6.42 Å². The fourth-order valence-corrected chi connectivity index (χ4v) is 5.43. The average Bonchev–Trinajstić information content (AvgIpc) is 3.49. The summed E-state index contributed by atoms with van der Waals surface area (Å²) in [5.41, 5.74) is 1.60. The van der Waals surface area contributed by atoms with Crippen molar-refractivity contribution in [3.05, 3.63) is 59.7 Å². The summed E-state index contributed by atoms with van der Waals surface area (Å²) in [6, 6.07) is 7.98. The van der Waals surface area contributed by atoms with Crippen LogP contribution >= 0.6 is 11.6 Å². The van der Waals surface area contributed by atoms with Crippen molar-refractivity contribution in [3.63, 3.8) is 0 Å². The van der Waals surface area contributed by atoms with E-state index in [1.54, 1.807) is 18.2 Å². The molecule has 0 radical (unpaired) electrons. The second-order valence-electron chi connectivity index (χ2n) is 10.4. The Morgan fingerprint density at radius 1 is 1.21 bits per heavy atom. The van der Waals surface area contributed by atoms with Crippen molar-refractivity contribution in [2.45, 2.75) is 18.6 Å². The molecule has 3 aliphatic heterocycles. The lowest BCUT2D eigenvalue weighted by Gasteiger charge is -2.42. The van der Waals surface area contributed by atoms with Gasteiger partial charge < -0.3 is 24.8 Å². The second-order valence-corrected chi connectivity index (χ2v) is 10.8. The number of aromatic nitrogens is 2. The van der Waals surface area contributed by atoms with Gasteiger partial charge >= 0.3 is 5.97 Å². The number of morpholine rings is 1. The monoisotopic (exact) mass is 596 g/mol. The Morgan fingerprint density at radius 3 is 2.95 bits per heavy atom. The van der Waals surface area contributed by atoms with Gasteiger partial charge in [0.2, 0.25) is 5.91 Å². The zero-order chi connectivity index (χ0) is 29.1. The minimum absolute atomic E-state index is 0.0170. The van der Waals surface area contributed by atoms with Crippen LogP contribution in [-0.2, 0) is 19.1 Å². The molecule has 3 fully saturated rings. The first kappa shape index (κ1) is 28.3. The SMILES string of the molecule is O=C(C=CCN1CCN2CC(=O)OCC2C1)Nc1cc2c(Nc3ccc(F)c(Cl)c3)ncnc2cc1OC1CCOC1. The Morgan fingerprint density at radius 2 is 2.12 bits per heavy atom. The van der Waals surface area contributed by atoms with E-state index in [9.17, 15) is 14.0 Å². The number of carbonyl (C=O) groups is 2. The van der Waals surface area contributed by atoms with E-state index in [2.05, 4.69) is 30.4 Å². The predicted molar refractivity (Wildman–Crippen MR) is 155 cm³/mol. The minimum atomic E-state index is -0.521. The van der Waals surface area contributed by atoms with Crippen LogP contribution in [-0.4, -0.2) is 96.3 Å². The van der Waals surface area contributed by atoms with Gasteiger partial charge in [-0.15, -0.1) is 0 Å². The summed E-state index contributed by atoms with van der Waals surface area (Å²) in [5, 5.41) is 6.70. The van der Waals surface area contributed by atoms with Crippen molar-refractivity contribution >= 4 is 51.6 Å². The van der Waals surface area contributed by atoms with Gasteiger partial charge in [0, 0.05) is 55.8 Å². The molecule has 0 bridgehead atoms. The first-order valence-electron chi connectivity index (χ1n) is 13.8. The van der Waals surface area contributed by atoms with Crippen molar-refractivity contribution in [1.29, 1.82) is 0 Å². The van der Waals surface area contributed by atoms with Crippen LogP contribution in [0.2, 0.25) is 5.02 Å². The molecule has 2 unspecified atom stereocenters. The number of fused-ring (bicyclic) bond motifs is 2. The Bertz CT molecular complexity index is 1520. The predicted octanol–water partition coefficient (Wildman–Crippen LogP) is 3.37. The lowest BCUT2D eigenvalue weighted by atomic mass is 10.1. The highest BCUT2D eigenvalue weighted by Gasteiger charge is 2.32. The van der Waals surface area contributed by atoms with Crippen LogP contribution in [0.4, 0.5) is 21.6 Å². The van der Waals surface area contributed by atoms with E-state index in [1.165, 1.54) is 24.5 Å². The Hall–Kier alpha value is -3.84. The zero-order valence-corrected chi connectivity index (χ0v) is 23.5. The molecular weight excluding hydrogens is 567 g/mol. The minimum Gasteiger partial charge on any atom is -0.486 e. The largest absolute Gasteiger partial charge is 0.486 e. The van der Waals surface area contributed by atoms with E-state index in [1.807, 2.05) is 6.08 Å². The summed E-state index contributed by atoms with van der Waals surface area (Å²) in [4.78, 5) is 37.7. The third kappa shape index (κ3) is 6.62. The quantitative estimate of drug-likeness (QED) is 0.296. The molecule has 0 spiro atoms. The number of benzene rings is 2. The van der Waals surface area contributed by atoms with Crippen LogP contribution in [0.3, 0.4) is 0 Å². The van der Waals surface area contributed by atoms with Crippen molar-refractivity contribution in [2.75, 3.05) is 63.2 Å². The van der Waals surface area contributed by atoms with E-state index < -0.39 is 5.82 Å². The maximum Gasteiger partial charge on any atom is 0.320 e. The van der Waals surface area contributed by atoms with E-state index in [0.717, 1.165) is 26.1 Å². The van der Waals surface area contributed by atoms with Crippen LogP contribution in [0.25, 0.3) is 10.9 Å². The number of piperazine rings is 1. The first-order valence-corrected chi connectivity index (χ1v) is 14.1. The third-order valence-electron chi connectivity index (χ3n) is 7.45. The number of ether oxygens (including phenoxy) is 3. The summed E-state index contributed by atoms with van der Waals surface area (Å²) >= 11 is 5.96. The summed E-state index contributed by atoms with van der Waals surface area (Å²) in [5.74, 6) is -0.0895. The Balaban J connectivity index is 1.19. The molecule has 2 N–H and O–H groups in total. The van der Waals surface area contributed by atoms with Crippen LogP contribution in [0, 0.1) is 5.82 Å². The number of carbonyl (C=O) groups excluding carboxylic acids is 2. The van der Waals surface area contributed by atoms with Gasteiger partial charge in [0.15, 0.2) is 0 Å². The fourth-order valence-electron chi connectivity index (χ4n) is 5.25. The van der Waals surface area contributed by atoms with Crippen molar-refractivity contribution in [1.82, 2.24) is 19.8 Å². The fraction of sp³-hybridized carbons (Fsp3) is 0.379. The molecule has 11 nitrogen and oxygen atoms in total. The molecule has 6 rings (SSSR count). The summed E-state index contributed by atoms with van der Waals surface area (Å²) in [6.07, 6.45) is 5.32. The molecular formula is C29H30ClFN6O5. The molecule has 2 atom stereocenters. The lowest BCUT2D eigenvalue weighted by Crippen LogP contribution is -2.59. The molecule has 3 saturated heterocycles. The number of amides is 1. The van der Waals surface area contributed by atoms with E-state index in [-0.39, 0.29) is 29.0 Å². The standard InChI is InChI=1S/C29H30ClFN6O5/c30-22-10-18(3-4-23(22)31)34-29-21-11-25(26(12-24(21)32-17-33-29)42-20-5-9-40-16-20)35-27(38)2-1-6-36-7-8-37-14-28(39)41-15-19(37)13-36/h1-4,10-12,17,19-20H,5-9,13-16H2,(H,35,38)(H,32,33,34). The Labute approximate surface area is 246 Å². The molecule has 3 aliphatic rings. The normalized spacial score (nSPS) is 21.3. The number of hydrogen-bond donors (Lipinski definition) is 2. The molecule has 0 saturated carbocycles. The Kier molecular flexibility index (Phi) is 8.47. The molecule has 1 amide bonds. The number of hydrogen-bond acceptors (Lipinski definition) is 10. The number of nitrogens with zero attached hydrogens (tertiary/aromatic N) is 4. The second kappa shape index (κ2) is 12.6. The molecule has 0 aliphatic carbocycles. The van der Waals surface area contributed by atoms with Gasteiger partial charge in [-0.1, -0.05) is 17.7 Å². The number of cyclic esters (lactones) is 1. The molecule has 4 heterocycles. The highest BCUT2D eigenvalue weighted by Crippen LogP contribution is 2.35. The maximum absolute atomic E-state index is 13.7. The molecule has 13 heteroatoms. The average molecular weight is 597 g/mol. The van der Waals surface area contributed by atoms with E-state index >= 15 is 0 Å². The van der Waals surface area contributed by atoms with Crippen molar-refractivity contribution in [2.24, 2.45) is 0 Å². The van der Waals surface area contributed by atoms with Gasteiger partial charge in [-0.3, -0.25) is 19.4 Å². The molecule has 2 aromatic carbocycles. The maximum atomic E-state index is 13.7. The van der Waals surface area contributed by atoms with Gasteiger partial charge in [0.1, 0.15) is 36.4 Å². The highest BCUT2D eigenvalue weighted by molar-refractivity contribution is 6.31.